The van der Waals surface area contributed by atoms with Crippen molar-refractivity contribution < 1.29 is 10.3 Å². The van der Waals surface area contributed by atoms with E-state index in [-0.39, 0.29) is 46.4 Å². The minimum absolute atomic E-state index is 0.0882. The molecule has 15 heavy (non-hydrogen) atoms. The third-order valence-corrected chi connectivity index (χ3v) is 2.53. The van der Waals surface area contributed by atoms with Gasteiger partial charge in [0.05, 0.1) is 5.48 Å². The highest BCUT2D eigenvalue weighted by Gasteiger charge is 2.04. The molecule has 0 saturated heterocycles. The van der Waals surface area contributed by atoms with E-state index in [1.807, 2.05) is 0 Å². The van der Waals surface area contributed by atoms with Gasteiger partial charge >= 0.3 is 0 Å². The number of ketones is 1. The fourth-order valence-corrected chi connectivity index (χ4v) is 1.47. The maximum absolute atomic E-state index is 12.0. The van der Waals surface area contributed by atoms with Crippen molar-refractivity contribution in [3.63, 3.8) is 0 Å². The Labute approximate surface area is 106 Å². The molecule has 0 radical (unpaired) electrons. The van der Waals surface area contributed by atoms with E-state index in [0.717, 1.165) is 25.7 Å². The summed E-state index contributed by atoms with van der Waals surface area (Å²) in [7, 11) is 0. The molecule has 0 amide bonds. The lowest BCUT2D eigenvalue weighted by atomic mass is 10.0. The molecule has 0 aliphatic heterocycles. The molecule has 82 valence electrons. The molecule has 2 heteroatoms. The first-order valence-corrected chi connectivity index (χ1v) is 6.00. The van der Waals surface area contributed by atoms with Gasteiger partial charge in [-0.3, -0.25) is 4.79 Å². The first-order chi connectivity index (χ1) is 8.91. The number of carbonyl (C=O) groups is 1. The molecule has 0 N–H and O–H groups in total. The van der Waals surface area contributed by atoms with Gasteiger partial charge < -0.3 is 0 Å². The number of rotatable bonds is 6. The number of hydrogen-bond acceptors (Lipinski definition) is 1. The Morgan fingerprint density at radius 1 is 1.27 bits per heavy atom. The molecule has 0 saturated carbocycles. The Bertz CT molecular complexity index is 459. The van der Waals surface area contributed by atoms with Crippen molar-refractivity contribution in [1.82, 2.24) is 0 Å². The van der Waals surface area contributed by atoms with Gasteiger partial charge in [0.15, 0.2) is 5.78 Å². The highest BCUT2D eigenvalue weighted by atomic mass is 79.9. The van der Waals surface area contributed by atoms with E-state index in [1.54, 1.807) is 0 Å². The van der Waals surface area contributed by atoms with E-state index in [4.69, 9.17) is 5.48 Å². The van der Waals surface area contributed by atoms with Crippen LogP contribution in [0, 0.1) is 0 Å². The Kier molecular flexibility index (Phi) is 3.44. The third-order valence-electron chi connectivity index (χ3n) is 2.13. The fraction of sp³-hybridized carbons (Fsp3) is 0.462. The van der Waals surface area contributed by atoms with Crippen LogP contribution in [0.4, 0.5) is 0 Å². The summed E-state index contributed by atoms with van der Waals surface area (Å²) < 4.78 is 31.0. The Hall–Kier alpha value is -0.630. The number of unbranched alkanes of at least 4 members (excludes halogenated alkanes) is 3. The van der Waals surface area contributed by atoms with Gasteiger partial charge in [0, 0.05) is 16.5 Å². The average Bonchev–Trinajstić information content (AvgIpc) is 2.39. The molecule has 1 aromatic carbocycles. The van der Waals surface area contributed by atoms with Crippen molar-refractivity contribution in [1.29, 1.82) is 0 Å². The van der Waals surface area contributed by atoms with Crippen molar-refractivity contribution >= 4 is 21.7 Å². The van der Waals surface area contributed by atoms with Crippen LogP contribution in [0.3, 0.4) is 0 Å². The van der Waals surface area contributed by atoms with Crippen molar-refractivity contribution in [3.8, 4) is 0 Å². The normalized spacial score (nSPS) is 14.0. The van der Waals surface area contributed by atoms with Gasteiger partial charge in [0.25, 0.3) is 0 Å². The first-order valence-electron chi connectivity index (χ1n) is 7.20. The molecule has 0 unspecified atom stereocenters. The first kappa shape index (κ1) is 7.61. The minimum atomic E-state index is -0.305. The van der Waals surface area contributed by atoms with Crippen LogP contribution in [-0.2, 0) is 0 Å². The van der Waals surface area contributed by atoms with Crippen molar-refractivity contribution in [2.75, 3.05) is 0 Å². The van der Waals surface area contributed by atoms with Crippen LogP contribution in [0.25, 0.3) is 0 Å². The van der Waals surface area contributed by atoms with Gasteiger partial charge in [-0.15, -0.1) is 0 Å². The van der Waals surface area contributed by atoms with E-state index < -0.39 is 0 Å². The summed E-state index contributed by atoms with van der Waals surface area (Å²) in [6, 6.07) is -0.905. The van der Waals surface area contributed by atoms with Crippen molar-refractivity contribution in [3.05, 3.63) is 34.2 Å². The average molecular weight is 273 g/mol. The number of Topliss-reactive ketones (excluding diaryl/α,β-unsaturated/α-hetero) is 1. The van der Waals surface area contributed by atoms with Gasteiger partial charge in [0.2, 0.25) is 0 Å². The molecule has 1 nitrogen and oxygen atoms in total. The Morgan fingerprint density at radius 2 is 1.93 bits per heavy atom. The van der Waals surface area contributed by atoms with Crippen molar-refractivity contribution in [2.45, 2.75) is 39.0 Å². The number of hydrogen-bond donors (Lipinski definition) is 0. The molecule has 1 aromatic rings. The molecule has 0 aromatic heterocycles. The highest BCUT2D eigenvalue weighted by molar-refractivity contribution is 9.10. The lowest BCUT2D eigenvalue weighted by Crippen LogP contribution is -1.98. The molecular weight excluding hydrogens is 252 g/mol. The van der Waals surface area contributed by atoms with Crippen LogP contribution in [0.5, 0.6) is 0 Å². The van der Waals surface area contributed by atoms with Gasteiger partial charge in [0.1, 0.15) is 0 Å². The van der Waals surface area contributed by atoms with E-state index >= 15 is 0 Å². The zero-order valence-electron chi connectivity index (χ0n) is 12.8. The van der Waals surface area contributed by atoms with E-state index in [2.05, 4.69) is 22.9 Å². The second-order valence-corrected chi connectivity index (χ2v) is 4.22. The minimum Gasteiger partial charge on any atom is -0.294 e. The zero-order chi connectivity index (χ0) is 14.6. The van der Waals surface area contributed by atoms with Gasteiger partial charge in [-0.25, -0.2) is 0 Å². The number of halogens is 1. The maximum Gasteiger partial charge on any atom is 0.162 e. The topological polar surface area (TPSA) is 17.1 Å². The summed E-state index contributed by atoms with van der Waals surface area (Å²) in [5.74, 6) is -0.305. The quantitative estimate of drug-likeness (QED) is 0.546. The van der Waals surface area contributed by atoms with E-state index in [9.17, 15) is 4.79 Å². The number of carbonyl (C=O) groups excluding carboxylic acids is 1. The molecule has 0 atom stereocenters. The molecule has 0 heterocycles. The van der Waals surface area contributed by atoms with Gasteiger partial charge in [-0.05, 0) is 18.5 Å². The lowest BCUT2D eigenvalue weighted by Gasteiger charge is -2.01. The maximum atomic E-state index is 12.0. The van der Waals surface area contributed by atoms with Crippen LogP contribution in [-0.4, -0.2) is 5.78 Å². The fourth-order valence-electron chi connectivity index (χ4n) is 1.27. The van der Waals surface area contributed by atoms with Crippen LogP contribution in [0.1, 0.15) is 54.9 Å². The summed E-state index contributed by atoms with van der Waals surface area (Å²) in [5, 5.41) is 0. The third kappa shape index (κ3) is 4.61. The monoisotopic (exact) mass is 272 g/mol. The lowest BCUT2D eigenvalue weighted by molar-refractivity contribution is 0.0979. The second kappa shape index (κ2) is 6.78. The Morgan fingerprint density at radius 3 is 2.53 bits per heavy atom. The largest absolute Gasteiger partial charge is 0.294 e. The zero-order valence-corrected chi connectivity index (χ0v) is 10.4. The molecule has 0 bridgehead atoms. The molecule has 0 spiro atoms. The predicted molar refractivity (Wildman–Crippen MR) is 67.2 cm³/mol. The molecule has 0 aliphatic rings. The standard InChI is InChI=1S/C13H17BrO/c1-2-3-4-5-6-13(15)11-7-9-12(14)10-8-11/h7-10H,2-6H2,1H3/i7D,8D,9D,10D. The smallest absolute Gasteiger partial charge is 0.162 e. The molecular formula is C13H17BrO. The summed E-state index contributed by atoms with van der Waals surface area (Å²) >= 11 is 3.01. The van der Waals surface area contributed by atoms with Crippen LogP contribution < -0.4 is 0 Å². The van der Waals surface area contributed by atoms with Crippen LogP contribution in [0.15, 0.2) is 28.6 Å². The number of benzene rings is 1. The molecule has 1 rings (SSSR count). The van der Waals surface area contributed by atoms with Crippen molar-refractivity contribution in [2.24, 2.45) is 0 Å². The summed E-state index contributed by atoms with van der Waals surface area (Å²) in [6.45, 7) is 2.08. The van der Waals surface area contributed by atoms with Crippen LogP contribution in [0.2, 0.25) is 0 Å². The SMILES string of the molecule is [2H]c1c([2H])c(C(=O)CCCCCC)c([2H])c([2H])c1Br. The van der Waals surface area contributed by atoms with E-state index in [0.29, 0.717) is 0 Å². The molecule has 0 aliphatic carbocycles. The summed E-state index contributed by atoms with van der Waals surface area (Å²) in [4.78, 5) is 12.0. The highest BCUT2D eigenvalue weighted by Crippen LogP contribution is 2.13. The van der Waals surface area contributed by atoms with E-state index in [1.165, 1.54) is 0 Å². The Balaban J connectivity index is 2.97. The van der Waals surface area contributed by atoms with Gasteiger partial charge in [-0.2, -0.15) is 0 Å². The second-order valence-electron chi connectivity index (χ2n) is 3.42. The summed E-state index contributed by atoms with van der Waals surface area (Å²) in [5.41, 5.74) is -0.0882. The van der Waals surface area contributed by atoms with Gasteiger partial charge in [-0.1, -0.05) is 54.2 Å². The molecule has 0 fully saturated rings. The predicted octanol–water partition coefficient (Wildman–Crippen LogP) is 4.60. The summed E-state index contributed by atoms with van der Waals surface area (Å²) in [6.07, 6.45) is 4.08. The van der Waals surface area contributed by atoms with Crippen LogP contribution >= 0.6 is 15.9 Å².